The second kappa shape index (κ2) is 12.0. The van der Waals surface area contributed by atoms with Gasteiger partial charge in [-0.1, -0.05) is 18.2 Å². The van der Waals surface area contributed by atoms with Gasteiger partial charge in [0.25, 0.3) is 0 Å². The first-order valence-corrected chi connectivity index (χ1v) is 13.1. The molecule has 2 aromatic rings. The largest absolute Gasteiger partial charge is 0.490 e. The van der Waals surface area contributed by atoms with Gasteiger partial charge < -0.3 is 20.1 Å². The first kappa shape index (κ1) is 25.7. The molecule has 2 N–H and O–H groups in total. The second-order valence-corrected chi connectivity index (χ2v) is 10.3. The summed E-state index contributed by atoms with van der Waals surface area (Å²) in [6.07, 6.45) is 4.25. The van der Waals surface area contributed by atoms with Gasteiger partial charge in [0, 0.05) is 57.5 Å². The third kappa shape index (κ3) is 6.84. The molecule has 1 atom stereocenters. The topological polar surface area (TPSA) is 65.0 Å². The third-order valence-electron chi connectivity index (χ3n) is 7.52. The summed E-state index contributed by atoms with van der Waals surface area (Å²) < 4.78 is 6.20. The Balaban J connectivity index is 1.29. The lowest BCUT2D eigenvalue weighted by Crippen LogP contribution is -2.48. The minimum absolute atomic E-state index is 0.0443. The molecule has 0 spiro atoms. The lowest BCUT2D eigenvalue weighted by Gasteiger charge is -2.32. The average molecular weight is 480 g/mol. The van der Waals surface area contributed by atoms with Crippen molar-refractivity contribution in [3.63, 3.8) is 0 Å². The van der Waals surface area contributed by atoms with Crippen molar-refractivity contribution in [1.29, 1.82) is 0 Å². The van der Waals surface area contributed by atoms with E-state index >= 15 is 0 Å². The number of amides is 1. The van der Waals surface area contributed by atoms with Crippen LogP contribution in [0.15, 0.2) is 42.5 Å². The van der Waals surface area contributed by atoms with Crippen LogP contribution in [0.25, 0.3) is 0 Å². The van der Waals surface area contributed by atoms with Gasteiger partial charge >= 0.3 is 0 Å². The minimum atomic E-state index is 0.0443. The highest BCUT2D eigenvalue weighted by molar-refractivity contribution is 5.94. The van der Waals surface area contributed by atoms with Gasteiger partial charge in [-0.3, -0.25) is 9.69 Å². The maximum Gasteiger partial charge on any atom is 0.229 e. The van der Waals surface area contributed by atoms with Crippen molar-refractivity contribution in [1.82, 2.24) is 10.2 Å². The summed E-state index contributed by atoms with van der Waals surface area (Å²) >= 11 is 0. The number of anilines is 1. The summed E-state index contributed by atoms with van der Waals surface area (Å²) in [4.78, 5) is 17.6. The molecule has 1 saturated heterocycles. The lowest BCUT2D eigenvalue weighted by molar-refractivity contribution is -0.123. The lowest BCUT2D eigenvalue weighted by atomic mass is 9.86. The molecule has 0 unspecified atom stereocenters. The highest BCUT2D eigenvalue weighted by atomic mass is 16.5. The molecule has 2 aromatic carbocycles. The van der Waals surface area contributed by atoms with Gasteiger partial charge in [0.2, 0.25) is 5.91 Å². The van der Waals surface area contributed by atoms with Crippen LogP contribution in [0.1, 0.15) is 49.3 Å². The van der Waals surface area contributed by atoms with Crippen LogP contribution in [-0.2, 0) is 17.8 Å². The van der Waals surface area contributed by atoms with E-state index in [1.165, 1.54) is 11.1 Å². The SMILES string of the molecule is Cc1cc(N(C)C(=O)[C@H]2CC[C@H](Oc3cccc(CCO)c3)CC2)ccc1CN1CCN[C@@H](C)C1. The standard InChI is InChI=1S/C29H41N3O3/c1-21-17-26(10-7-25(21)20-32-15-14-30-22(2)19-32)31(3)29(34)24-8-11-27(12-9-24)35-28-6-4-5-23(18-28)13-16-33/h4-7,10,17-18,22,24,27,30,33H,8-9,11-16,19-20H2,1-3H3/t22-,24-,27-/m0/s1. The normalized spacial score (nSPS) is 23.1. The number of hydrogen-bond acceptors (Lipinski definition) is 5. The number of aryl methyl sites for hydroxylation is 1. The zero-order chi connectivity index (χ0) is 24.8. The number of nitrogens with one attached hydrogen (secondary N) is 1. The first-order chi connectivity index (χ1) is 16.9. The Morgan fingerprint density at radius 1 is 1.17 bits per heavy atom. The number of aliphatic hydroxyl groups is 1. The molecule has 0 radical (unpaired) electrons. The van der Waals surface area contributed by atoms with Gasteiger partial charge in [0.05, 0.1) is 6.10 Å². The van der Waals surface area contributed by atoms with E-state index in [9.17, 15) is 4.79 Å². The Morgan fingerprint density at radius 2 is 1.97 bits per heavy atom. The molecule has 0 bridgehead atoms. The summed E-state index contributed by atoms with van der Waals surface area (Å²) in [5.41, 5.74) is 4.64. The molecule has 35 heavy (non-hydrogen) atoms. The van der Waals surface area contributed by atoms with Gasteiger partial charge in [-0.2, -0.15) is 0 Å². The van der Waals surface area contributed by atoms with Gasteiger partial charge in [-0.15, -0.1) is 0 Å². The van der Waals surface area contributed by atoms with E-state index in [0.29, 0.717) is 12.5 Å². The van der Waals surface area contributed by atoms with Crippen molar-refractivity contribution in [2.24, 2.45) is 5.92 Å². The molecule has 6 heteroatoms. The first-order valence-electron chi connectivity index (χ1n) is 13.1. The van der Waals surface area contributed by atoms with Crippen LogP contribution >= 0.6 is 0 Å². The molecule has 190 valence electrons. The van der Waals surface area contributed by atoms with E-state index < -0.39 is 0 Å². The second-order valence-electron chi connectivity index (χ2n) is 10.3. The molecule has 1 aliphatic heterocycles. The molecule has 2 fully saturated rings. The minimum Gasteiger partial charge on any atom is -0.490 e. The summed E-state index contributed by atoms with van der Waals surface area (Å²) in [5, 5.41) is 12.7. The number of nitrogens with zero attached hydrogens (tertiary/aromatic N) is 2. The van der Waals surface area contributed by atoms with E-state index in [1.54, 1.807) is 0 Å². The van der Waals surface area contributed by atoms with E-state index in [2.05, 4.69) is 42.3 Å². The Hall–Kier alpha value is -2.41. The van der Waals surface area contributed by atoms with Crippen LogP contribution in [0, 0.1) is 12.8 Å². The van der Waals surface area contributed by atoms with Gasteiger partial charge in [0.15, 0.2) is 0 Å². The van der Waals surface area contributed by atoms with Crippen molar-refractivity contribution < 1.29 is 14.6 Å². The zero-order valence-corrected chi connectivity index (χ0v) is 21.5. The fraction of sp³-hybridized carbons (Fsp3) is 0.552. The van der Waals surface area contributed by atoms with Crippen LogP contribution in [0.3, 0.4) is 0 Å². The smallest absolute Gasteiger partial charge is 0.229 e. The van der Waals surface area contributed by atoms with Crippen LogP contribution in [0.2, 0.25) is 0 Å². The van der Waals surface area contributed by atoms with Gasteiger partial charge in [0.1, 0.15) is 5.75 Å². The molecular weight excluding hydrogens is 438 g/mol. The van der Waals surface area contributed by atoms with Crippen molar-refractivity contribution in [2.75, 3.05) is 38.2 Å². The van der Waals surface area contributed by atoms with E-state index in [-0.39, 0.29) is 24.5 Å². The maximum absolute atomic E-state index is 13.3. The Morgan fingerprint density at radius 3 is 2.69 bits per heavy atom. The van der Waals surface area contributed by atoms with Crippen LogP contribution < -0.4 is 15.0 Å². The van der Waals surface area contributed by atoms with E-state index in [1.807, 2.05) is 36.2 Å². The summed E-state index contributed by atoms with van der Waals surface area (Å²) in [6, 6.07) is 14.9. The van der Waals surface area contributed by atoms with Crippen molar-refractivity contribution in [3.05, 3.63) is 59.2 Å². The van der Waals surface area contributed by atoms with Crippen molar-refractivity contribution >= 4 is 11.6 Å². The molecule has 4 rings (SSSR count). The highest BCUT2D eigenvalue weighted by Gasteiger charge is 2.30. The number of carbonyl (C=O) groups is 1. The van der Waals surface area contributed by atoms with Crippen molar-refractivity contribution in [3.8, 4) is 5.75 Å². The van der Waals surface area contributed by atoms with Gasteiger partial charge in [-0.05, 0) is 86.9 Å². The number of rotatable bonds is 8. The molecule has 1 heterocycles. The Labute approximate surface area is 210 Å². The number of benzene rings is 2. The summed E-state index contributed by atoms with van der Waals surface area (Å²) in [6.45, 7) is 8.67. The number of hydrogen-bond donors (Lipinski definition) is 2. The molecule has 1 saturated carbocycles. The van der Waals surface area contributed by atoms with Crippen LogP contribution in [0.4, 0.5) is 5.69 Å². The predicted octanol–water partition coefficient (Wildman–Crippen LogP) is 3.92. The average Bonchev–Trinajstić information content (AvgIpc) is 2.85. The molecule has 1 aliphatic carbocycles. The van der Waals surface area contributed by atoms with E-state index in [0.717, 1.165) is 68.9 Å². The molecule has 1 amide bonds. The number of aliphatic hydroxyl groups excluding tert-OH is 1. The zero-order valence-electron chi connectivity index (χ0n) is 21.5. The molecular formula is C29H41N3O3. The van der Waals surface area contributed by atoms with Crippen molar-refractivity contribution in [2.45, 2.75) is 64.6 Å². The maximum atomic E-state index is 13.3. The molecule has 6 nitrogen and oxygen atoms in total. The molecule has 2 aliphatic rings. The van der Waals surface area contributed by atoms with Crippen LogP contribution in [-0.4, -0.2) is 61.3 Å². The van der Waals surface area contributed by atoms with Crippen LogP contribution in [0.5, 0.6) is 5.75 Å². The number of piperazine rings is 1. The summed E-state index contributed by atoms with van der Waals surface area (Å²) in [5.74, 6) is 1.10. The Kier molecular flexibility index (Phi) is 8.82. The number of ether oxygens (including phenoxy) is 1. The fourth-order valence-corrected chi connectivity index (χ4v) is 5.39. The predicted molar refractivity (Wildman–Crippen MR) is 141 cm³/mol. The summed E-state index contributed by atoms with van der Waals surface area (Å²) in [7, 11) is 1.91. The fourth-order valence-electron chi connectivity index (χ4n) is 5.39. The Bertz CT molecular complexity index is 987. The molecule has 0 aromatic heterocycles. The number of carbonyl (C=O) groups excluding carboxylic acids is 1. The third-order valence-corrected chi connectivity index (χ3v) is 7.52. The van der Waals surface area contributed by atoms with Gasteiger partial charge in [-0.25, -0.2) is 0 Å². The monoisotopic (exact) mass is 479 g/mol. The van der Waals surface area contributed by atoms with E-state index in [4.69, 9.17) is 9.84 Å². The highest BCUT2D eigenvalue weighted by Crippen LogP contribution is 2.31. The quantitative estimate of drug-likeness (QED) is 0.601.